The van der Waals surface area contributed by atoms with Crippen molar-refractivity contribution in [3.05, 3.63) is 0 Å². The van der Waals surface area contributed by atoms with Crippen LogP contribution in [0.3, 0.4) is 0 Å². The first-order valence-corrected chi connectivity index (χ1v) is 8.80. The van der Waals surface area contributed by atoms with Crippen LogP contribution in [0, 0.1) is 5.41 Å². The van der Waals surface area contributed by atoms with Gasteiger partial charge < -0.3 is 33.2 Å². The Morgan fingerprint density at radius 1 is 0.625 bits per heavy atom. The summed E-state index contributed by atoms with van der Waals surface area (Å²) in [5.41, 5.74) is 0.0732. The summed E-state index contributed by atoms with van der Waals surface area (Å²) in [5, 5.41) is 0. The van der Waals surface area contributed by atoms with Crippen LogP contribution in [-0.2, 0) is 33.2 Å². The first-order chi connectivity index (χ1) is 11.6. The van der Waals surface area contributed by atoms with Crippen LogP contribution in [-0.4, -0.2) is 90.5 Å². The summed E-state index contributed by atoms with van der Waals surface area (Å²) < 4.78 is 36.4. The van der Waals surface area contributed by atoms with Crippen LogP contribution in [0.2, 0.25) is 0 Å². The maximum Gasteiger partial charge on any atom is 0.104 e. The molecule has 4 saturated heterocycles. The molecule has 4 heterocycles. The van der Waals surface area contributed by atoms with Gasteiger partial charge in [-0.05, 0) is 0 Å². The van der Waals surface area contributed by atoms with E-state index in [-0.39, 0.29) is 5.41 Å². The molecule has 0 amide bonds. The Morgan fingerprint density at radius 2 is 0.917 bits per heavy atom. The second-order valence-corrected chi connectivity index (χ2v) is 7.55. The molecule has 0 spiro atoms. The van der Waals surface area contributed by atoms with Crippen LogP contribution >= 0.6 is 0 Å². The maximum atomic E-state index is 5.56. The lowest BCUT2D eigenvalue weighted by Gasteiger charge is -2.23. The Bertz CT molecular complexity index is 328. The predicted molar refractivity (Wildman–Crippen MR) is 85.2 cm³/mol. The molecule has 0 aromatic heterocycles. The van der Waals surface area contributed by atoms with Gasteiger partial charge in [-0.25, -0.2) is 0 Å². The zero-order valence-corrected chi connectivity index (χ0v) is 14.7. The van der Waals surface area contributed by atoms with Crippen LogP contribution in [0.5, 0.6) is 0 Å². The third-order valence-corrected chi connectivity index (χ3v) is 3.81. The lowest BCUT2D eigenvalue weighted by molar-refractivity contribution is -0.0101. The van der Waals surface area contributed by atoms with Gasteiger partial charge in [-0.3, -0.25) is 0 Å². The van der Waals surface area contributed by atoms with Crippen molar-refractivity contribution in [3.63, 3.8) is 0 Å². The highest BCUT2D eigenvalue weighted by molar-refractivity contribution is 4.73. The van der Waals surface area contributed by atoms with Gasteiger partial charge in [-0.2, -0.15) is 0 Å². The van der Waals surface area contributed by atoms with Crippen molar-refractivity contribution in [1.82, 2.24) is 0 Å². The fourth-order valence-electron chi connectivity index (χ4n) is 1.96. The van der Waals surface area contributed by atoms with Gasteiger partial charge in [0.05, 0.1) is 66.1 Å². The van der Waals surface area contributed by atoms with Gasteiger partial charge in [0, 0.05) is 5.41 Å². The van der Waals surface area contributed by atoms with Crippen molar-refractivity contribution in [3.8, 4) is 0 Å². The second-order valence-electron chi connectivity index (χ2n) is 7.55. The Hall–Kier alpha value is -0.280. The van der Waals surface area contributed by atoms with E-state index in [9.17, 15) is 0 Å². The molecule has 0 aromatic carbocycles. The van der Waals surface area contributed by atoms with Gasteiger partial charge in [-0.15, -0.1) is 0 Å². The van der Waals surface area contributed by atoms with E-state index in [2.05, 4.69) is 13.8 Å². The topological polar surface area (TPSA) is 77.8 Å². The van der Waals surface area contributed by atoms with Crippen molar-refractivity contribution < 1.29 is 33.2 Å². The molecule has 4 atom stereocenters. The van der Waals surface area contributed by atoms with E-state index in [1.54, 1.807) is 0 Å². The van der Waals surface area contributed by atoms with Crippen LogP contribution in [0.1, 0.15) is 13.8 Å². The SMILES string of the molecule is C(OCC1CO1)C1CO1.CC(C)(COCC1CO1)COCC1CO1. The number of hydrogen-bond donors (Lipinski definition) is 0. The fourth-order valence-corrected chi connectivity index (χ4v) is 1.96. The summed E-state index contributed by atoms with van der Waals surface area (Å²) in [6.07, 6.45) is 1.48. The van der Waals surface area contributed by atoms with E-state index in [0.717, 1.165) is 66.1 Å². The number of hydrogen-bond acceptors (Lipinski definition) is 7. The molecular weight excluding hydrogens is 316 g/mol. The molecule has 4 fully saturated rings. The highest BCUT2D eigenvalue weighted by Crippen LogP contribution is 2.19. The molecule has 4 unspecified atom stereocenters. The summed E-state index contributed by atoms with van der Waals surface area (Å²) in [6.45, 7) is 12.1. The van der Waals surface area contributed by atoms with E-state index in [0.29, 0.717) is 24.4 Å². The summed E-state index contributed by atoms with van der Waals surface area (Å²) in [7, 11) is 0. The van der Waals surface area contributed by atoms with Gasteiger partial charge >= 0.3 is 0 Å². The molecule has 140 valence electrons. The van der Waals surface area contributed by atoms with Crippen LogP contribution < -0.4 is 0 Å². The first kappa shape index (κ1) is 18.5. The minimum absolute atomic E-state index is 0.0732. The van der Waals surface area contributed by atoms with Crippen molar-refractivity contribution in [2.24, 2.45) is 5.41 Å². The Balaban J connectivity index is 0.000000159. The highest BCUT2D eigenvalue weighted by atomic mass is 16.6. The Morgan fingerprint density at radius 3 is 1.21 bits per heavy atom. The molecule has 0 bridgehead atoms. The van der Waals surface area contributed by atoms with Gasteiger partial charge in [0.15, 0.2) is 0 Å². The molecule has 0 aliphatic carbocycles. The maximum absolute atomic E-state index is 5.56. The predicted octanol–water partition coefficient (Wildman–Crippen LogP) is 0.644. The molecule has 0 N–H and O–H groups in total. The zero-order valence-electron chi connectivity index (χ0n) is 14.7. The third-order valence-electron chi connectivity index (χ3n) is 3.81. The molecule has 4 aliphatic rings. The summed E-state index contributed by atoms with van der Waals surface area (Å²) in [6, 6.07) is 0. The second kappa shape index (κ2) is 8.89. The van der Waals surface area contributed by atoms with E-state index in [1.165, 1.54) is 0 Å². The number of ether oxygens (including phenoxy) is 7. The van der Waals surface area contributed by atoms with Crippen molar-refractivity contribution in [2.45, 2.75) is 38.3 Å². The Labute approximate surface area is 143 Å². The summed E-state index contributed by atoms with van der Waals surface area (Å²) in [5.74, 6) is 0. The molecule has 4 aliphatic heterocycles. The molecule has 0 saturated carbocycles. The lowest BCUT2D eigenvalue weighted by Crippen LogP contribution is -2.27. The molecule has 0 radical (unpaired) electrons. The van der Waals surface area contributed by atoms with Crippen LogP contribution in [0.4, 0.5) is 0 Å². The normalized spacial score (nSPS) is 32.8. The highest BCUT2D eigenvalue weighted by Gasteiger charge is 2.27. The number of epoxide rings is 4. The third kappa shape index (κ3) is 9.27. The molecule has 0 aromatic rings. The molecule has 4 rings (SSSR count). The monoisotopic (exact) mass is 346 g/mol. The van der Waals surface area contributed by atoms with E-state index in [4.69, 9.17) is 33.2 Å². The molecule has 7 nitrogen and oxygen atoms in total. The lowest BCUT2D eigenvalue weighted by atomic mass is 9.96. The summed E-state index contributed by atoms with van der Waals surface area (Å²) >= 11 is 0. The van der Waals surface area contributed by atoms with Crippen molar-refractivity contribution in [1.29, 1.82) is 0 Å². The molecule has 7 heteroatoms. The van der Waals surface area contributed by atoms with E-state index < -0.39 is 0 Å². The largest absolute Gasteiger partial charge is 0.378 e. The minimum Gasteiger partial charge on any atom is -0.378 e. The summed E-state index contributed by atoms with van der Waals surface area (Å²) in [4.78, 5) is 0. The van der Waals surface area contributed by atoms with Crippen molar-refractivity contribution >= 4 is 0 Å². The van der Waals surface area contributed by atoms with Crippen LogP contribution in [0.15, 0.2) is 0 Å². The molecular formula is C17H30O7. The smallest absolute Gasteiger partial charge is 0.104 e. The standard InChI is InChI=1S/C11H20O4.C6H10O3/c1-11(2,7-12-3-9-5-14-9)8-13-4-10-6-15-10;1(5-3-8-5)7-2-6-4-9-6/h9-10H,3-8H2,1-2H3;5-6H,1-4H2. The average Bonchev–Trinajstić information content (AvgIpc) is 3.30. The van der Waals surface area contributed by atoms with E-state index >= 15 is 0 Å². The fraction of sp³-hybridized carbons (Fsp3) is 1.00. The van der Waals surface area contributed by atoms with Gasteiger partial charge in [0.2, 0.25) is 0 Å². The van der Waals surface area contributed by atoms with Crippen LogP contribution in [0.25, 0.3) is 0 Å². The first-order valence-electron chi connectivity index (χ1n) is 8.80. The van der Waals surface area contributed by atoms with Gasteiger partial charge in [0.1, 0.15) is 24.4 Å². The zero-order chi connectivity index (χ0) is 16.8. The van der Waals surface area contributed by atoms with Gasteiger partial charge in [-0.1, -0.05) is 13.8 Å². The Kier molecular flexibility index (Phi) is 6.86. The minimum atomic E-state index is 0.0732. The van der Waals surface area contributed by atoms with Gasteiger partial charge in [0.25, 0.3) is 0 Å². The average molecular weight is 346 g/mol. The quantitative estimate of drug-likeness (QED) is 0.480. The number of rotatable bonds is 12. The van der Waals surface area contributed by atoms with Crippen molar-refractivity contribution in [2.75, 3.05) is 66.1 Å². The van der Waals surface area contributed by atoms with E-state index in [1.807, 2.05) is 0 Å². The molecule has 24 heavy (non-hydrogen) atoms.